The van der Waals surface area contributed by atoms with Gasteiger partial charge in [-0.15, -0.1) is 0 Å². The van der Waals surface area contributed by atoms with E-state index in [1.165, 1.54) is 0 Å². The van der Waals surface area contributed by atoms with Crippen molar-refractivity contribution in [1.29, 1.82) is 0 Å². The van der Waals surface area contributed by atoms with E-state index < -0.39 is 23.3 Å². The molecular formula is C7H8O5. The highest BCUT2D eigenvalue weighted by Gasteiger charge is 2.23. The van der Waals surface area contributed by atoms with Crippen molar-refractivity contribution in [2.24, 2.45) is 0 Å². The number of ketones is 1. The number of hydrogen-bond acceptors (Lipinski definition) is 5. The van der Waals surface area contributed by atoms with Gasteiger partial charge in [0.2, 0.25) is 0 Å². The minimum Gasteiger partial charge on any atom is -0.465 e. The van der Waals surface area contributed by atoms with Crippen LogP contribution in [0.5, 0.6) is 0 Å². The molecule has 12 heavy (non-hydrogen) atoms. The standard InChI is InChI=1S/C7H8O5/c1-4(6(9)11-2)5(8)7(10)12-3/h1H2,2-3H3. The van der Waals surface area contributed by atoms with Crippen molar-refractivity contribution in [3.63, 3.8) is 0 Å². The van der Waals surface area contributed by atoms with Gasteiger partial charge >= 0.3 is 11.9 Å². The molecule has 0 heterocycles. The Kier molecular flexibility index (Phi) is 3.69. The fourth-order valence-corrected chi connectivity index (χ4v) is 0.432. The Morgan fingerprint density at radius 2 is 1.42 bits per heavy atom. The van der Waals surface area contributed by atoms with Crippen molar-refractivity contribution >= 4 is 17.7 Å². The Bertz CT molecular complexity index is 214. The molecule has 5 nitrogen and oxygen atoms in total. The average molecular weight is 172 g/mol. The molecule has 0 aliphatic rings. The number of Topliss-reactive ketones (excluding diaryl/α,β-unsaturated/α-hetero) is 1. The summed E-state index contributed by atoms with van der Waals surface area (Å²) in [6.45, 7) is 3.07. The van der Waals surface area contributed by atoms with Crippen molar-refractivity contribution < 1.29 is 23.9 Å². The third kappa shape index (κ3) is 2.19. The molecule has 0 spiro atoms. The van der Waals surface area contributed by atoms with Gasteiger partial charge in [-0.3, -0.25) is 4.79 Å². The summed E-state index contributed by atoms with van der Waals surface area (Å²) < 4.78 is 8.23. The third-order valence-electron chi connectivity index (χ3n) is 1.08. The summed E-state index contributed by atoms with van der Waals surface area (Å²) in [6.07, 6.45) is 0. The molecule has 0 aromatic rings. The molecule has 0 bridgehead atoms. The fourth-order valence-electron chi connectivity index (χ4n) is 0.432. The van der Waals surface area contributed by atoms with Gasteiger partial charge in [0.15, 0.2) is 0 Å². The Morgan fingerprint density at radius 1 is 1.00 bits per heavy atom. The third-order valence-corrected chi connectivity index (χ3v) is 1.08. The van der Waals surface area contributed by atoms with E-state index >= 15 is 0 Å². The molecule has 0 saturated carbocycles. The van der Waals surface area contributed by atoms with E-state index in [0.29, 0.717) is 0 Å². The molecule has 0 amide bonds. The summed E-state index contributed by atoms with van der Waals surface area (Å²) in [5, 5.41) is 0. The maximum Gasteiger partial charge on any atom is 0.379 e. The highest BCUT2D eigenvalue weighted by molar-refractivity contribution is 6.46. The first-order chi connectivity index (χ1) is 5.54. The van der Waals surface area contributed by atoms with Crippen LogP contribution in [-0.2, 0) is 23.9 Å². The van der Waals surface area contributed by atoms with Crippen LogP contribution in [-0.4, -0.2) is 31.9 Å². The van der Waals surface area contributed by atoms with Gasteiger partial charge in [-0.25, -0.2) is 9.59 Å². The maximum absolute atomic E-state index is 10.8. The number of carbonyl (C=O) groups is 3. The fraction of sp³-hybridized carbons (Fsp3) is 0.286. The van der Waals surface area contributed by atoms with Crippen LogP contribution in [0.3, 0.4) is 0 Å². The molecule has 0 unspecified atom stereocenters. The van der Waals surface area contributed by atoms with Gasteiger partial charge in [-0.05, 0) is 0 Å². The summed E-state index contributed by atoms with van der Waals surface area (Å²) in [5.41, 5.74) is -0.538. The average Bonchev–Trinajstić information content (AvgIpc) is 2.12. The topological polar surface area (TPSA) is 69.7 Å². The van der Waals surface area contributed by atoms with Gasteiger partial charge in [-0.1, -0.05) is 6.58 Å². The van der Waals surface area contributed by atoms with Crippen LogP contribution in [0.1, 0.15) is 0 Å². The van der Waals surface area contributed by atoms with Gasteiger partial charge in [0.25, 0.3) is 5.78 Å². The molecule has 0 aromatic carbocycles. The van der Waals surface area contributed by atoms with Crippen LogP contribution < -0.4 is 0 Å². The number of esters is 2. The summed E-state index contributed by atoms with van der Waals surface area (Å²) >= 11 is 0. The van der Waals surface area contributed by atoms with E-state index in [1.807, 2.05) is 0 Å². The van der Waals surface area contributed by atoms with E-state index in [9.17, 15) is 14.4 Å². The van der Waals surface area contributed by atoms with Crippen LogP contribution in [0.2, 0.25) is 0 Å². The summed E-state index contributed by atoms with van der Waals surface area (Å²) in [6, 6.07) is 0. The molecule has 5 heteroatoms. The van der Waals surface area contributed by atoms with Crippen molar-refractivity contribution in [2.45, 2.75) is 0 Å². The summed E-state index contributed by atoms with van der Waals surface area (Å²) in [7, 11) is 2.11. The zero-order valence-electron chi connectivity index (χ0n) is 6.75. The number of rotatable bonds is 3. The minimum atomic E-state index is -1.13. The van der Waals surface area contributed by atoms with Gasteiger partial charge in [0.1, 0.15) is 5.57 Å². The molecule has 0 atom stereocenters. The first kappa shape index (κ1) is 10.3. The SMILES string of the molecule is C=C(C(=O)OC)C(=O)C(=O)OC. The van der Waals surface area contributed by atoms with Crippen LogP contribution in [0.4, 0.5) is 0 Å². The first-order valence-electron chi connectivity index (χ1n) is 2.94. The molecule has 0 rings (SSSR count). The molecule has 0 aromatic heterocycles. The summed E-state index contributed by atoms with van der Waals surface area (Å²) in [4.78, 5) is 32.0. The second-order valence-electron chi connectivity index (χ2n) is 1.79. The minimum absolute atomic E-state index is 0.538. The number of carbonyl (C=O) groups excluding carboxylic acids is 3. The predicted molar refractivity (Wildman–Crippen MR) is 38.2 cm³/mol. The van der Waals surface area contributed by atoms with Crippen molar-refractivity contribution in [1.82, 2.24) is 0 Å². The second kappa shape index (κ2) is 4.27. The van der Waals surface area contributed by atoms with Crippen molar-refractivity contribution in [3.05, 3.63) is 12.2 Å². The largest absolute Gasteiger partial charge is 0.465 e. The Hall–Kier alpha value is -1.65. The van der Waals surface area contributed by atoms with E-state index in [1.54, 1.807) is 0 Å². The number of methoxy groups -OCH3 is 2. The quantitative estimate of drug-likeness (QED) is 0.188. The van der Waals surface area contributed by atoms with E-state index in [0.717, 1.165) is 14.2 Å². The zero-order valence-corrected chi connectivity index (χ0v) is 6.75. The van der Waals surface area contributed by atoms with E-state index in [2.05, 4.69) is 16.1 Å². The first-order valence-corrected chi connectivity index (χ1v) is 2.94. The molecular weight excluding hydrogens is 164 g/mol. The Labute approximate surface area is 69.0 Å². The Balaban J connectivity index is 4.41. The monoisotopic (exact) mass is 172 g/mol. The molecule has 0 N–H and O–H groups in total. The van der Waals surface area contributed by atoms with Crippen LogP contribution >= 0.6 is 0 Å². The molecule has 66 valence electrons. The Morgan fingerprint density at radius 3 is 1.75 bits per heavy atom. The van der Waals surface area contributed by atoms with Crippen molar-refractivity contribution in [2.75, 3.05) is 14.2 Å². The van der Waals surface area contributed by atoms with Crippen LogP contribution in [0.25, 0.3) is 0 Å². The number of ether oxygens (including phenoxy) is 2. The lowest BCUT2D eigenvalue weighted by Gasteiger charge is -1.99. The maximum atomic E-state index is 10.8. The molecule has 0 aliphatic carbocycles. The lowest BCUT2D eigenvalue weighted by Crippen LogP contribution is -2.22. The highest BCUT2D eigenvalue weighted by Crippen LogP contribution is 1.96. The van der Waals surface area contributed by atoms with Crippen molar-refractivity contribution in [3.8, 4) is 0 Å². The van der Waals surface area contributed by atoms with E-state index in [4.69, 9.17) is 0 Å². The molecule has 0 saturated heterocycles. The smallest absolute Gasteiger partial charge is 0.379 e. The molecule has 0 radical (unpaired) electrons. The van der Waals surface area contributed by atoms with E-state index in [-0.39, 0.29) is 0 Å². The van der Waals surface area contributed by atoms with Gasteiger partial charge < -0.3 is 9.47 Å². The highest BCUT2D eigenvalue weighted by atomic mass is 16.5. The normalized spacial score (nSPS) is 8.50. The molecule has 0 fully saturated rings. The van der Waals surface area contributed by atoms with Gasteiger partial charge in [-0.2, -0.15) is 0 Å². The molecule has 0 aliphatic heterocycles. The van der Waals surface area contributed by atoms with Crippen LogP contribution in [0.15, 0.2) is 12.2 Å². The van der Waals surface area contributed by atoms with Gasteiger partial charge in [0, 0.05) is 0 Å². The zero-order chi connectivity index (χ0) is 9.72. The number of hydrogen-bond donors (Lipinski definition) is 0. The predicted octanol–water partition coefficient (Wildman–Crippen LogP) is -0.542. The lowest BCUT2D eigenvalue weighted by atomic mass is 10.2. The summed E-state index contributed by atoms with van der Waals surface area (Å²) in [5.74, 6) is -3.17. The van der Waals surface area contributed by atoms with Crippen LogP contribution in [0, 0.1) is 0 Å². The second-order valence-corrected chi connectivity index (χ2v) is 1.79. The van der Waals surface area contributed by atoms with Gasteiger partial charge in [0.05, 0.1) is 14.2 Å². The lowest BCUT2D eigenvalue weighted by molar-refractivity contribution is -0.151.